The lowest BCUT2D eigenvalue weighted by molar-refractivity contribution is -0.289. The number of nitrogens with zero attached hydrogens (tertiary/aromatic N) is 1. The third kappa shape index (κ3) is 2.07. The zero-order chi connectivity index (χ0) is 13.4. The summed E-state index contributed by atoms with van der Waals surface area (Å²) in [5.41, 5.74) is -0.660. The Morgan fingerprint density at radius 2 is 1.56 bits per heavy atom. The lowest BCUT2D eigenvalue weighted by Gasteiger charge is -2.19. The standard InChI is InChI=1S/C11H7F5N2/c12-10(13,11(14,15)16)8-3-1-7(2-4-8)9-17-5-6-18-9/h1-6H,(H,17,18). The summed E-state index contributed by atoms with van der Waals surface area (Å²) in [6.07, 6.45) is -2.62. The molecule has 2 rings (SSSR count). The minimum atomic E-state index is -5.60. The Morgan fingerprint density at radius 1 is 0.944 bits per heavy atom. The van der Waals surface area contributed by atoms with Crippen molar-refractivity contribution in [2.45, 2.75) is 12.1 Å². The molecule has 0 bridgehead atoms. The van der Waals surface area contributed by atoms with Gasteiger partial charge in [-0.2, -0.15) is 22.0 Å². The van der Waals surface area contributed by atoms with Crippen LogP contribution in [0.25, 0.3) is 11.4 Å². The molecular weight excluding hydrogens is 255 g/mol. The van der Waals surface area contributed by atoms with E-state index < -0.39 is 17.7 Å². The fraction of sp³-hybridized carbons (Fsp3) is 0.182. The smallest absolute Gasteiger partial charge is 0.345 e. The van der Waals surface area contributed by atoms with Crippen molar-refractivity contribution in [3.8, 4) is 11.4 Å². The molecule has 1 heterocycles. The molecule has 96 valence electrons. The molecule has 0 spiro atoms. The summed E-state index contributed by atoms with van der Waals surface area (Å²) in [6.45, 7) is 0. The molecule has 0 fully saturated rings. The SMILES string of the molecule is FC(F)(F)C(F)(F)c1ccc(-c2ncc[nH]2)cc1. The van der Waals surface area contributed by atoms with E-state index >= 15 is 0 Å². The van der Waals surface area contributed by atoms with Gasteiger partial charge in [0.2, 0.25) is 0 Å². The number of benzene rings is 1. The van der Waals surface area contributed by atoms with Crippen LogP contribution < -0.4 is 0 Å². The molecule has 0 unspecified atom stereocenters. The molecule has 2 nitrogen and oxygen atoms in total. The third-order valence-electron chi connectivity index (χ3n) is 2.38. The van der Waals surface area contributed by atoms with Gasteiger partial charge in [0.1, 0.15) is 5.82 Å². The van der Waals surface area contributed by atoms with Gasteiger partial charge in [0.25, 0.3) is 0 Å². The first-order valence-electron chi connectivity index (χ1n) is 4.87. The molecule has 1 aromatic heterocycles. The van der Waals surface area contributed by atoms with E-state index in [0.29, 0.717) is 11.4 Å². The van der Waals surface area contributed by atoms with Crippen LogP contribution in [0.15, 0.2) is 36.7 Å². The van der Waals surface area contributed by atoms with Gasteiger partial charge in [-0.25, -0.2) is 4.98 Å². The molecule has 1 N–H and O–H groups in total. The number of halogens is 5. The molecule has 7 heteroatoms. The number of nitrogens with one attached hydrogen (secondary N) is 1. The molecule has 0 radical (unpaired) electrons. The van der Waals surface area contributed by atoms with Gasteiger partial charge < -0.3 is 4.98 Å². The summed E-state index contributed by atoms with van der Waals surface area (Å²) in [5, 5.41) is 0. The van der Waals surface area contributed by atoms with Gasteiger partial charge in [-0.05, 0) is 0 Å². The van der Waals surface area contributed by atoms with Gasteiger partial charge in [0.15, 0.2) is 0 Å². The van der Waals surface area contributed by atoms with E-state index in [0.717, 1.165) is 24.3 Å². The normalized spacial score (nSPS) is 12.7. The lowest BCUT2D eigenvalue weighted by atomic mass is 10.1. The second-order valence-corrected chi connectivity index (χ2v) is 3.59. The van der Waals surface area contributed by atoms with Crippen LogP contribution in [-0.4, -0.2) is 16.1 Å². The fourth-order valence-corrected chi connectivity index (χ4v) is 1.42. The first-order valence-corrected chi connectivity index (χ1v) is 4.87. The Bertz CT molecular complexity index is 513. The molecule has 0 atom stereocenters. The molecule has 0 aliphatic heterocycles. The van der Waals surface area contributed by atoms with Crippen LogP contribution in [0.1, 0.15) is 5.56 Å². The molecular formula is C11H7F5N2. The van der Waals surface area contributed by atoms with E-state index in [4.69, 9.17) is 0 Å². The van der Waals surface area contributed by atoms with Crippen LogP contribution in [0, 0.1) is 0 Å². The van der Waals surface area contributed by atoms with Crippen molar-refractivity contribution >= 4 is 0 Å². The molecule has 18 heavy (non-hydrogen) atoms. The molecule has 1 aromatic carbocycles. The summed E-state index contributed by atoms with van der Waals surface area (Å²) < 4.78 is 62.4. The van der Waals surface area contributed by atoms with Crippen LogP contribution in [-0.2, 0) is 5.92 Å². The quantitative estimate of drug-likeness (QED) is 0.821. The number of H-pyrrole nitrogens is 1. The summed E-state index contributed by atoms with van der Waals surface area (Å²) >= 11 is 0. The molecule has 0 amide bonds. The average molecular weight is 262 g/mol. The Hall–Kier alpha value is -1.92. The number of rotatable bonds is 2. The summed E-state index contributed by atoms with van der Waals surface area (Å²) in [6, 6.07) is 3.80. The third-order valence-corrected chi connectivity index (χ3v) is 2.38. The van der Waals surface area contributed by atoms with Crippen molar-refractivity contribution in [2.24, 2.45) is 0 Å². The first kappa shape index (κ1) is 12.5. The van der Waals surface area contributed by atoms with Crippen molar-refractivity contribution in [3.05, 3.63) is 42.2 Å². The van der Waals surface area contributed by atoms with E-state index in [-0.39, 0.29) is 0 Å². The maximum atomic E-state index is 13.0. The van der Waals surface area contributed by atoms with Gasteiger partial charge in [-0.15, -0.1) is 0 Å². The number of imidazole rings is 1. The Labute approximate surface area is 98.5 Å². The predicted octanol–water partition coefficient (Wildman–Crippen LogP) is 3.73. The van der Waals surface area contributed by atoms with E-state index in [1.54, 1.807) is 0 Å². The second kappa shape index (κ2) is 4.08. The number of alkyl halides is 5. The average Bonchev–Trinajstić information content (AvgIpc) is 2.81. The highest BCUT2D eigenvalue weighted by Crippen LogP contribution is 2.43. The fourth-order valence-electron chi connectivity index (χ4n) is 1.42. The number of aromatic nitrogens is 2. The van der Waals surface area contributed by atoms with Crippen LogP contribution in [0.4, 0.5) is 22.0 Å². The highest BCUT2D eigenvalue weighted by Gasteiger charge is 2.58. The van der Waals surface area contributed by atoms with Crippen molar-refractivity contribution in [1.82, 2.24) is 9.97 Å². The molecule has 0 saturated heterocycles. The zero-order valence-electron chi connectivity index (χ0n) is 8.80. The van der Waals surface area contributed by atoms with Gasteiger partial charge in [0, 0.05) is 23.5 Å². The molecule has 0 aliphatic carbocycles. The first-order chi connectivity index (χ1) is 8.32. The van der Waals surface area contributed by atoms with Crippen LogP contribution in [0.5, 0.6) is 0 Å². The van der Waals surface area contributed by atoms with E-state index in [1.165, 1.54) is 12.4 Å². The van der Waals surface area contributed by atoms with E-state index in [1.807, 2.05) is 0 Å². The second-order valence-electron chi connectivity index (χ2n) is 3.59. The lowest BCUT2D eigenvalue weighted by Crippen LogP contribution is -2.33. The monoisotopic (exact) mass is 262 g/mol. The summed E-state index contributed by atoms with van der Waals surface area (Å²) in [7, 11) is 0. The topological polar surface area (TPSA) is 28.7 Å². The minimum absolute atomic E-state index is 0.400. The van der Waals surface area contributed by atoms with Crippen molar-refractivity contribution in [3.63, 3.8) is 0 Å². The van der Waals surface area contributed by atoms with E-state index in [9.17, 15) is 22.0 Å². The van der Waals surface area contributed by atoms with Gasteiger partial charge in [0.05, 0.1) is 0 Å². The van der Waals surface area contributed by atoms with Gasteiger partial charge >= 0.3 is 12.1 Å². The largest absolute Gasteiger partial charge is 0.458 e. The highest BCUT2D eigenvalue weighted by atomic mass is 19.4. The summed E-state index contributed by atoms with van der Waals surface area (Å²) in [4.78, 5) is 6.58. The van der Waals surface area contributed by atoms with Crippen molar-refractivity contribution in [2.75, 3.05) is 0 Å². The van der Waals surface area contributed by atoms with Gasteiger partial charge in [-0.1, -0.05) is 24.3 Å². The maximum Gasteiger partial charge on any atom is 0.458 e. The van der Waals surface area contributed by atoms with Crippen LogP contribution >= 0.6 is 0 Å². The maximum absolute atomic E-state index is 13.0. The van der Waals surface area contributed by atoms with Crippen molar-refractivity contribution < 1.29 is 22.0 Å². The minimum Gasteiger partial charge on any atom is -0.345 e. The molecule has 2 aromatic rings. The number of hydrogen-bond donors (Lipinski definition) is 1. The predicted molar refractivity (Wildman–Crippen MR) is 54.0 cm³/mol. The number of hydrogen-bond acceptors (Lipinski definition) is 1. The van der Waals surface area contributed by atoms with Gasteiger partial charge in [-0.3, -0.25) is 0 Å². The Kier molecular flexibility index (Phi) is 2.84. The molecule has 0 aliphatic rings. The van der Waals surface area contributed by atoms with E-state index in [2.05, 4.69) is 9.97 Å². The van der Waals surface area contributed by atoms with Crippen LogP contribution in [0.3, 0.4) is 0 Å². The highest BCUT2D eigenvalue weighted by molar-refractivity contribution is 5.55. The Balaban J connectivity index is 2.34. The molecule has 0 saturated carbocycles. The van der Waals surface area contributed by atoms with Crippen molar-refractivity contribution in [1.29, 1.82) is 0 Å². The van der Waals surface area contributed by atoms with Crippen LogP contribution in [0.2, 0.25) is 0 Å². The Morgan fingerprint density at radius 3 is 2.00 bits per heavy atom. The zero-order valence-corrected chi connectivity index (χ0v) is 8.80. The number of aromatic amines is 1. The summed E-state index contributed by atoms with van der Waals surface area (Å²) in [5.74, 6) is -4.45.